The van der Waals surface area contributed by atoms with E-state index >= 15 is 0 Å². The van der Waals surface area contributed by atoms with Gasteiger partial charge in [0, 0.05) is 0 Å². The van der Waals surface area contributed by atoms with Crippen molar-refractivity contribution in [3.8, 4) is 0 Å². The molecule has 2 rings (SSSR count). The quantitative estimate of drug-likeness (QED) is 0.714. The summed E-state index contributed by atoms with van der Waals surface area (Å²) in [7, 11) is 0. The average Bonchev–Trinajstić information content (AvgIpc) is 2.47. The molecule has 0 aliphatic rings. The van der Waals surface area contributed by atoms with Gasteiger partial charge in [-0.3, -0.25) is 0 Å². The molecule has 79 valence electrons. The zero-order chi connectivity index (χ0) is 8.39. The molecule has 1 heteroatoms. The molecule has 2 aromatic rings. The molecule has 0 saturated carbocycles. The van der Waals surface area contributed by atoms with Crippen molar-refractivity contribution in [2.24, 2.45) is 0 Å². The van der Waals surface area contributed by atoms with Crippen LogP contribution in [0.1, 0.15) is 18.9 Å². The molecule has 2 aromatic carbocycles. The first-order valence-corrected chi connectivity index (χ1v) is 4.54. The summed E-state index contributed by atoms with van der Waals surface area (Å²) in [4.78, 5) is 0. The zero-order valence-electron chi connectivity index (χ0n) is 9.88. The first kappa shape index (κ1) is 17.1. The minimum Gasteiger partial charge on any atom is -0.358 e. The van der Waals surface area contributed by atoms with Crippen LogP contribution in [0.25, 0.3) is 10.8 Å². The van der Waals surface area contributed by atoms with Crippen molar-refractivity contribution >= 4 is 10.8 Å². The first-order chi connectivity index (χ1) is 5.90. The normalized spacial score (nSPS) is 8.60. The van der Waals surface area contributed by atoms with Gasteiger partial charge < -0.3 is 14.9 Å². The number of aryl methyl sites for hydroxylation is 1. The number of rotatable bonds is 2. The molecule has 0 spiro atoms. The van der Waals surface area contributed by atoms with Crippen molar-refractivity contribution in [1.82, 2.24) is 0 Å². The molecule has 0 aliphatic heterocycles. The second-order valence-electron chi connectivity index (χ2n) is 3.24. The van der Waals surface area contributed by atoms with Gasteiger partial charge in [-0.15, -0.1) is 40.6 Å². The Balaban J connectivity index is 0. The fourth-order valence-corrected chi connectivity index (χ4v) is 1.65. The third kappa shape index (κ3) is 3.99. The number of fused-ring (bicyclic) bond motifs is 1. The first-order valence-electron chi connectivity index (χ1n) is 4.54. The number of hydrogen-bond donors (Lipinski definition) is 0. The van der Waals surface area contributed by atoms with Crippen molar-refractivity contribution in [3.05, 3.63) is 56.8 Å². The van der Waals surface area contributed by atoms with Crippen LogP contribution in [-0.4, -0.2) is 0 Å². The van der Waals surface area contributed by atoms with Gasteiger partial charge in [-0.1, -0.05) is 19.4 Å². The summed E-state index contributed by atoms with van der Waals surface area (Å²) in [6.45, 7) is 2.22. The predicted molar refractivity (Wildman–Crippen MR) is 66.4 cm³/mol. The van der Waals surface area contributed by atoms with Gasteiger partial charge in [0.15, 0.2) is 0 Å². The van der Waals surface area contributed by atoms with Crippen molar-refractivity contribution in [1.29, 1.82) is 0 Å². The Morgan fingerprint density at radius 3 is 2.40 bits per heavy atom. The maximum Gasteiger partial charge on any atom is 3.00 e. The van der Waals surface area contributed by atoms with Gasteiger partial charge in [0.1, 0.15) is 0 Å². The van der Waals surface area contributed by atoms with E-state index in [2.05, 4.69) is 43.3 Å². The van der Waals surface area contributed by atoms with Crippen LogP contribution >= 0.6 is 0 Å². The minimum absolute atomic E-state index is 0. The number of benzene rings is 1. The standard InChI is InChI=1S/C12H13.2CH3.Zr/c1-2-5-10-8-11-6-3-4-7-12(11)9-10;;;/h3-4,6-9H,2,5H2,1H3;2*1H3;/q3*-1;+3. The van der Waals surface area contributed by atoms with Crippen molar-refractivity contribution in [3.63, 3.8) is 0 Å². The summed E-state index contributed by atoms with van der Waals surface area (Å²) in [5.41, 5.74) is 1.47. The molecule has 0 N–H and O–H groups in total. The topological polar surface area (TPSA) is 0 Å². The van der Waals surface area contributed by atoms with Crippen LogP contribution in [0.3, 0.4) is 0 Å². The Morgan fingerprint density at radius 1 is 1.13 bits per heavy atom. The predicted octanol–water partition coefficient (Wildman–Crippen LogP) is 4.41. The van der Waals surface area contributed by atoms with E-state index < -0.39 is 0 Å². The van der Waals surface area contributed by atoms with Crippen molar-refractivity contribution in [2.45, 2.75) is 19.8 Å². The molecule has 1 radical (unpaired) electrons. The molecule has 0 saturated heterocycles. The van der Waals surface area contributed by atoms with E-state index in [1.165, 1.54) is 29.2 Å². The van der Waals surface area contributed by atoms with Crippen LogP contribution in [0.2, 0.25) is 0 Å². The molecule has 0 unspecified atom stereocenters. The van der Waals surface area contributed by atoms with Crippen LogP contribution in [0.15, 0.2) is 36.4 Å². The van der Waals surface area contributed by atoms with Crippen LogP contribution in [0, 0.1) is 14.9 Å². The van der Waals surface area contributed by atoms with Gasteiger partial charge in [-0.25, -0.2) is 0 Å². The second-order valence-corrected chi connectivity index (χ2v) is 3.24. The van der Waals surface area contributed by atoms with E-state index in [-0.39, 0.29) is 41.1 Å². The van der Waals surface area contributed by atoms with Gasteiger partial charge in [0.2, 0.25) is 0 Å². The summed E-state index contributed by atoms with van der Waals surface area (Å²) in [5.74, 6) is 0. The molecule has 0 amide bonds. The smallest absolute Gasteiger partial charge is 0.358 e. The van der Waals surface area contributed by atoms with E-state index in [1.807, 2.05) is 0 Å². The van der Waals surface area contributed by atoms with Gasteiger partial charge in [0.05, 0.1) is 0 Å². The molecule has 0 aromatic heterocycles. The maximum absolute atomic E-state index is 2.29. The van der Waals surface area contributed by atoms with E-state index in [0.29, 0.717) is 0 Å². The number of hydrogen-bond acceptors (Lipinski definition) is 0. The van der Waals surface area contributed by atoms with Crippen molar-refractivity contribution in [2.75, 3.05) is 0 Å². The van der Waals surface area contributed by atoms with Crippen LogP contribution < -0.4 is 0 Å². The molecular weight excluding hydrogens is 259 g/mol. The summed E-state index contributed by atoms with van der Waals surface area (Å²) in [6.07, 6.45) is 2.44. The Labute approximate surface area is 113 Å². The van der Waals surface area contributed by atoms with E-state index in [1.54, 1.807) is 0 Å². The molecular formula is C14H19Zr. The van der Waals surface area contributed by atoms with Gasteiger partial charge in [0.25, 0.3) is 0 Å². The van der Waals surface area contributed by atoms with E-state index in [9.17, 15) is 0 Å². The molecule has 0 aliphatic carbocycles. The Hall–Kier alpha value is -0.287. The molecule has 0 heterocycles. The average molecular weight is 279 g/mol. The molecule has 0 fully saturated rings. The third-order valence-corrected chi connectivity index (χ3v) is 2.22. The monoisotopic (exact) mass is 277 g/mol. The largest absolute Gasteiger partial charge is 3.00 e. The Bertz CT molecular complexity index is 340. The van der Waals surface area contributed by atoms with Crippen LogP contribution in [-0.2, 0) is 32.6 Å². The second kappa shape index (κ2) is 7.93. The van der Waals surface area contributed by atoms with Crippen molar-refractivity contribution < 1.29 is 26.2 Å². The van der Waals surface area contributed by atoms with E-state index in [4.69, 9.17) is 0 Å². The summed E-state index contributed by atoms with van der Waals surface area (Å²) >= 11 is 0. The molecule has 0 nitrogen and oxygen atoms in total. The minimum atomic E-state index is 0. The fraction of sp³-hybridized carbons (Fsp3) is 0.214. The molecule has 0 bridgehead atoms. The van der Waals surface area contributed by atoms with Gasteiger partial charge >= 0.3 is 26.2 Å². The molecule has 15 heavy (non-hydrogen) atoms. The van der Waals surface area contributed by atoms with E-state index in [0.717, 1.165) is 0 Å². The summed E-state index contributed by atoms with van der Waals surface area (Å²) in [6, 6.07) is 13.1. The summed E-state index contributed by atoms with van der Waals surface area (Å²) in [5, 5.41) is 2.75. The van der Waals surface area contributed by atoms with Crippen LogP contribution in [0.5, 0.6) is 0 Å². The third-order valence-electron chi connectivity index (χ3n) is 2.22. The SMILES string of the molecule is CCCc1cc2ccccc2[cH-]1.[CH3-].[CH3-].[Zr+3]. The Kier molecular flexibility index (Phi) is 9.06. The zero-order valence-corrected chi connectivity index (χ0v) is 12.3. The van der Waals surface area contributed by atoms with Gasteiger partial charge in [-0.05, 0) is 6.42 Å². The maximum atomic E-state index is 2.29. The molecule has 0 atom stereocenters. The summed E-state index contributed by atoms with van der Waals surface area (Å²) < 4.78 is 0. The fourth-order valence-electron chi connectivity index (χ4n) is 1.65. The Morgan fingerprint density at radius 2 is 1.80 bits per heavy atom. The van der Waals surface area contributed by atoms with Crippen LogP contribution in [0.4, 0.5) is 0 Å². The van der Waals surface area contributed by atoms with Gasteiger partial charge in [-0.2, -0.15) is 6.07 Å².